The third kappa shape index (κ3) is 4.78. The van der Waals surface area contributed by atoms with Crippen LogP contribution in [0, 0.1) is 18.8 Å². The number of rotatable bonds is 5. The fourth-order valence-corrected chi connectivity index (χ4v) is 5.05. The number of allylic oxidation sites excluding steroid dienone is 2. The largest absolute Gasteiger partial charge is 0.550 e. The topological polar surface area (TPSA) is 95.5 Å². The second kappa shape index (κ2) is 9.28. The van der Waals surface area contributed by atoms with Gasteiger partial charge in [-0.05, 0) is 36.3 Å². The van der Waals surface area contributed by atoms with E-state index in [1.54, 1.807) is 12.2 Å². The van der Waals surface area contributed by atoms with Crippen LogP contribution in [0.15, 0.2) is 36.4 Å². The van der Waals surface area contributed by atoms with Gasteiger partial charge < -0.3 is 20.0 Å². The van der Waals surface area contributed by atoms with E-state index >= 15 is 0 Å². The lowest BCUT2D eigenvalue weighted by Crippen LogP contribution is -2.41. The van der Waals surface area contributed by atoms with Crippen LogP contribution in [0.25, 0.3) is 11.1 Å². The summed E-state index contributed by atoms with van der Waals surface area (Å²) in [6.07, 6.45) is 4.11. The molecule has 7 heteroatoms. The van der Waals surface area contributed by atoms with Crippen LogP contribution in [0.4, 0.5) is 5.00 Å². The van der Waals surface area contributed by atoms with Gasteiger partial charge in [-0.25, -0.2) is 4.79 Å². The smallest absolute Gasteiger partial charge is 0.341 e. The first-order valence-corrected chi connectivity index (χ1v) is 11.4. The SMILES string of the molecule is COC(=O)c1c(NC(=O)[C@@H]2CC=CC[C@H]2C(=O)[O-])sc(C)c1-c1ccc(C(C)(C)C)cc1. The summed E-state index contributed by atoms with van der Waals surface area (Å²) in [6, 6.07) is 7.99. The fourth-order valence-electron chi connectivity index (χ4n) is 3.98. The second-order valence-electron chi connectivity index (χ2n) is 9.02. The number of amides is 1. The van der Waals surface area contributed by atoms with Crippen LogP contribution in [0.2, 0.25) is 0 Å². The predicted octanol–water partition coefficient (Wildman–Crippen LogP) is 4.08. The standard InChI is InChI=1S/C25H29NO5S/c1-14-19(15-10-12-16(13-11-15)25(2,3)4)20(24(30)31-5)22(32-14)26-21(27)17-8-6-7-9-18(17)23(28)29/h6-7,10-13,17-18H,8-9H2,1-5H3,(H,26,27)(H,28,29)/p-1/t17-,18-/m1/s1. The lowest BCUT2D eigenvalue weighted by atomic mass is 9.82. The van der Waals surface area contributed by atoms with Crippen molar-refractivity contribution in [2.75, 3.05) is 12.4 Å². The molecule has 1 N–H and O–H groups in total. The Morgan fingerprint density at radius 2 is 1.66 bits per heavy atom. The van der Waals surface area contributed by atoms with E-state index in [4.69, 9.17) is 4.74 Å². The molecule has 3 rings (SSSR count). The van der Waals surface area contributed by atoms with E-state index in [2.05, 4.69) is 26.1 Å². The van der Waals surface area contributed by atoms with Crippen molar-refractivity contribution in [2.45, 2.75) is 46.0 Å². The summed E-state index contributed by atoms with van der Waals surface area (Å²) in [6.45, 7) is 8.27. The minimum absolute atomic E-state index is 0.00346. The molecule has 0 saturated carbocycles. The van der Waals surface area contributed by atoms with E-state index in [1.807, 2.05) is 31.2 Å². The van der Waals surface area contributed by atoms with Gasteiger partial charge in [-0.15, -0.1) is 11.3 Å². The molecule has 1 aromatic heterocycles. The molecule has 6 nitrogen and oxygen atoms in total. The first-order valence-electron chi connectivity index (χ1n) is 10.5. The molecule has 1 heterocycles. The third-order valence-electron chi connectivity index (χ3n) is 5.82. The molecule has 0 fully saturated rings. The summed E-state index contributed by atoms with van der Waals surface area (Å²) in [7, 11) is 1.30. The maximum absolute atomic E-state index is 13.0. The lowest BCUT2D eigenvalue weighted by molar-refractivity contribution is -0.313. The molecule has 2 atom stereocenters. The highest BCUT2D eigenvalue weighted by Gasteiger charge is 2.32. The molecule has 0 aliphatic heterocycles. The average Bonchev–Trinajstić information content (AvgIpc) is 3.08. The molecule has 1 amide bonds. The highest BCUT2D eigenvalue weighted by Crippen LogP contribution is 2.41. The Morgan fingerprint density at radius 3 is 2.19 bits per heavy atom. The minimum Gasteiger partial charge on any atom is -0.550 e. The Labute approximate surface area is 192 Å². The predicted molar refractivity (Wildman–Crippen MR) is 124 cm³/mol. The number of methoxy groups -OCH3 is 1. The maximum Gasteiger partial charge on any atom is 0.341 e. The third-order valence-corrected chi connectivity index (χ3v) is 6.84. The second-order valence-corrected chi connectivity index (χ2v) is 10.2. The molecule has 1 aliphatic rings. The summed E-state index contributed by atoms with van der Waals surface area (Å²) in [4.78, 5) is 38.0. The molecule has 32 heavy (non-hydrogen) atoms. The molecule has 1 aliphatic carbocycles. The van der Waals surface area contributed by atoms with E-state index in [1.165, 1.54) is 24.0 Å². The van der Waals surface area contributed by atoms with Crippen LogP contribution in [0.1, 0.15) is 54.4 Å². The minimum atomic E-state index is -1.25. The van der Waals surface area contributed by atoms with Crippen molar-refractivity contribution in [3.05, 3.63) is 52.4 Å². The highest BCUT2D eigenvalue weighted by atomic mass is 32.1. The number of benzene rings is 1. The number of thiophene rings is 1. The van der Waals surface area contributed by atoms with Gasteiger partial charge in [-0.1, -0.05) is 57.2 Å². The van der Waals surface area contributed by atoms with Crippen LogP contribution < -0.4 is 10.4 Å². The number of nitrogens with one attached hydrogen (secondary N) is 1. The normalized spacial score (nSPS) is 18.3. The van der Waals surface area contributed by atoms with Crippen LogP contribution in [-0.4, -0.2) is 25.0 Å². The van der Waals surface area contributed by atoms with Crippen LogP contribution in [0.3, 0.4) is 0 Å². The number of carboxylic acids is 1. The van der Waals surface area contributed by atoms with Gasteiger partial charge in [0.05, 0.1) is 13.0 Å². The Morgan fingerprint density at radius 1 is 1.06 bits per heavy atom. The first-order chi connectivity index (χ1) is 15.0. The van der Waals surface area contributed by atoms with Gasteiger partial charge in [0.1, 0.15) is 10.6 Å². The highest BCUT2D eigenvalue weighted by molar-refractivity contribution is 7.17. The van der Waals surface area contributed by atoms with Crippen molar-refractivity contribution in [3.63, 3.8) is 0 Å². The van der Waals surface area contributed by atoms with E-state index in [-0.39, 0.29) is 17.4 Å². The molecule has 0 saturated heterocycles. The molecule has 1 aromatic carbocycles. The number of ether oxygens (including phenoxy) is 1. The maximum atomic E-state index is 13.0. The summed E-state index contributed by atoms with van der Waals surface area (Å²) in [5.74, 6) is -3.90. The van der Waals surface area contributed by atoms with Crippen molar-refractivity contribution in [2.24, 2.45) is 11.8 Å². The Bertz CT molecular complexity index is 1060. The summed E-state index contributed by atoms with van der Waals surface area (Å²) >= 11 is 1.28. The van der Waals surface area contributed by atoms with Gasteiger partial charge in [-0.2, -0.15) is 0 Å². The van der Waals surface area contributed by atoms with Gasteiger partial charge in [0.2, 0.25) is 5.91 Å². The number of hydrogen-bond donors (Lipinski definition) is 1. The van der Waals surface area contributed by atoms with Gasteiger partial charge in [0, 0.05) is 22.3 Å². The van der Waals surface area contributed by atoms with E-state index in [0.717, 1.165) is 10.4 Å². The molecule has 0 spiro atoms. The Kier molecular flexibility index (Phi) is 6.88. The molecule has 2 aromatic rings. The lowest BCUT2D eigenvalue weighted by Gasteiger charge is -2.28. The number of carbonyl (C=O) groups excluding carboxylic acids is 3. The molecule has 0 unspecified atom stereocenters. The van der Waals surface area contributed by atoms with E-state index in [0.29, 0.717) is 17.0 Å². The van der Waals surface area contributed by atoms with Crippen molar-refractivity contribution in [1.82, 2.24) is 0 Å². The zero-order chi connectivity index (χ0) is 23.6. The van der Waals surface area contributed by atoms with Crippen LogP contribution in [-0.2, 0) is 19.7 Å². The molecule has 0 bridgehead atoms. The Hall–Kier alpha value is -2.93. The number of aliphatic carboxylic acids is 1. The number of anilines is 1. The van der Waals surface area contributed by atoms with Gasteiger partial charge in [-0.3, -0.25) is 4.79 Å². The number of hydrogen-bond acceptors (Lipinski definition) is 6. The molecular formula is C25H28NO5S-. The summed E-state index contributed by atoms with van der Waals surface area (Å²) in [5, 5.41) is 14.7. The molecule has 0 radical (unpaired) electrons. The molecule has 170 valence electrons. The molecular weight excluding hydrogens is 426 g/mol. The Balaban J connectivity index is 1.99. The number of aryl methyl sites for hydroxylation is 1. The zero-order valence-electron chi connectivity index (χ0n) is 19.0. The van der Waals surface area contributed by atoms with Crippen LogP contribution >= 0.6 is 11.3 Å². The van der Waals surface area contributed by atoms with Gasteiger partial charge >= 0.3 is 5.97 Å². The zero-order valence-corrected chi connectivity index (χ0v) is 19.8. The van der Waals surface area contributed by atoms with Crippen molar-refractivity contribution in [1.29, 1.82) is 0 Å². The van der Waals surface area contributed by atoms with Gasteiger partial charge in [0.15, 0.2) is 0 Å². The van der Waals surface area contributed by atoms with Crippen molar-refractivity contribution >= 4 is 34.2 Å². The van der Waals surface area contributed by atoms with E-state index in [9.17, 15) is 19.5 Å². The summed E-state index contributed by atoms with van der Waals surface area (Å²) < 4.78 is 5.02. The number of carboxylic acid groups (broad SMARTS) is 1. The quantitative estimate of drug-likeness (QED) is 0.543. The fraction of sp³-hybridized carbons (Fsp3) is 0.400. The van der Waals surface area contributed by atoms with E-state index < -0.39 is 29.7 Å². The monoisotopic (exact) mass is 454 g/mol. The first kappa shape index (κ1) is 23.7. The van der Waals surface area contributed by atoms with Gasteiger partial charge in [0.25, 0.3) is 0 Å². The number of esters is 1. The van der Waals surface area contributed by atoms with Crippen molar-refractivity contribution < 1.29 is 24.2 Å². The number of carbonyl (C=O) groups is 3. The summed E-state index contributed by atoms with van der Waals surface area (Å²) in [5.41, 5.74) is 3.00. The van der Waals surface area contributed by atoms with Crippen LogP contribution in [0.5, 0.6) is 0 Å². The average molecular weight is 455 g/mol. The van der Waals surface area contributed by atoms with Crippen molar-refractivity contribution in [3.8, 4) is 11.1 Å².